The smallest absolute Gasteiger partial charge is 0.309 e. The minimum Gasteiger partial charge on any atom is -0.465 e. The summed E-state index contributed by atoms with van der Waals surface area (Å²) in [6.07, 6.45) is 6.94. The van der Waals surface area contributed by atoms with Crippen LogP contribution in [0.2, 0.25) is 0 Å². The summed E-state index contributed by atoms with van der Waals surface area (Å²) in [5.41, 5.74) is 0.947. The first-order chi connectivity index (χ1) is 14.2. The third kappa shape index (κ3) is 7.76. The Hall–Kier alpha value is -2.45. The Morgan fingerprint density at radius 3 is 2.10 bits per heavy atom. The molecule has 0 aromatic heterocycles. The molecule has 0 amide bonds. The zero-order valence-corrected chi connectivity index (χ0v) is 18.4. The Labute approximate surface area is 178 Å². The van der Waals surface area contributed by atoms with Crippen LogP contribution in [0.3, 0.4) is 0 Å². The van der Waals surface area contributed by atoms with E-state index in [1.54, 1.807) is 43.4 Å². The summed E-state index contributed by atoms with van der Waals surface area (Å²) < 4.78 is 38.7. The molecular weight excluding hydrogens is 406 g/mol. The van der Waals surface area contributed by atoms with E-state index in [0.717, 1.165) is 5.56 Å². The molecule has 1 aromatic carbocycles. The van der Waals surface area contributed by atoms with Gasteiger partial charge in [0, 0.05) is 5.92 Å². The van der Waals surface area contributed by atoms with Crippen LogP contribution >= 0.6 is 0 Å². The van der Waals surface area contributed by atoms with Crippen molar-refractivity contribution in [1.29, 1.82) is 0 Å². The van der Waals surface area contributed by atoms with Gasteiger partial charge >= 0.3 is 11.9 Å². The first-order valence-electron chi connectivity index (χ1n) is 9.91. The highest BCUT2D eigenvalue weighted by atomic mass is 32.2. The molecule has 2 rings (SSSR count). The average Bonchev–Trinajstić information content (AvgIpc) is 2.69. The van der Waals surface area contributed by atoms with Gasteiger partial charge in [-0.15, -0.1) is 0 Å². The molecule has 0 bridgehead atoms. The molecule has 1 aliphatic rings. The molecule has 0 saturated carbocycles. The first-order valence-corrected chi connectivity index (χ1v) is 11.4. The number of cyclic esters (lactones) is 2. The van der Waals surface area contributed by atoms with Gasteiger partial charge in [0.05, 0.1) is 30.4 Å². The minimum absolute atomic E-state index is 0.0242. The summed E-state index contributed by atoms with van der Waals surface area (Å²) in [5.74, 6) is -1.17. The summed E-state index contributed by atoms with van der Waals surface area (Å²) in [6, 6.07) is 5.79. The zero-order valence-electron chi connectivity index (χ0n) is 17.5. The van der Waals surface area contributed by atoms with Crippen LogP contribution in [0, 0.1) is 18.8 Å². The lowest BCUT2D eigenvalue weighted by Gasteiger charge is -2.23. The lowest BCUT2D eigenvalue weighted by atomic mass is 10.0. The van der Waals surface area contributed by atoms with E-state index in [9.17, 15) is 18.0 Å². The molecule has 0 fully saturated rings. The number of sulfonamides is 1. The van der Waals surface area contributed by atoms with Gasteiger partial charge in [0.25, 0.3) is 0 Å². The maximum atomic E-state index is 12.8. The van der Waals surface area contributed by atoms with E-state index in [2.05, 4.69) is 4.72 Å². The van der Waals surface area contributed by atoms with Crippen molar-refractivity contribution in [3.63, 3.8) is 0 Å². The van der Waals surface area contributed by atoms with Crippen molar-refractivity contribution in [3.8, 4) is 0 Å². The summed E-state index contributed by atoms with van der Waals surface area (Å²) in [5, 5.41) is 0. The van der Waals surface area contributed by atoms with Crippen LogP contribution in [0.25, 0.3) is 0 Å². The maximum absolute atomic E-state index is 12.8. The molecule has 1 aliphatic heterocycles. The van der Waals surface area contributed by atoms with Crippen LogP contribution in [0.4, 0.5) is 0 Å². The van der Waals surface area contributed by atoms with Crippen LogP contribution in [0.15, 0.2) is 53.5 Å². The summed E-state index contributed by atoms with van der Waals surface area (Å²) in [4.78, 5) is 24.0. The Kier molecular flexibility index (Phi) is 8.80. The molecule has 8 heteroatoms. The van der Waals surface area contributed by atoms with Gasteiger partial charge in [-0.2, -0.15) is 0 Å². The molecule has 0 saturated heterocycles. The van der Waals surface area contributed by atoms with Crippen molar-refractivity contribution in [1.82, 2.24) is 4.72 Å². The second kappa shape index (κ2) is 11.1. The third-order valence-corrected chi connectivity index (χ3v) is 6.18. The van der Waals surface area contributed by atoms with Crippen LogP contribution < -0.4 is 4.72 Å². The molecule has 1 N–H and O–H groups in total. The monoisotopic (exact) mass is 435 g/mol. The molecular formula is C22H29NO6S. The van der Waals surface area contributed by atoms with Gasteiger partial charge in [0.15, 0.2) is 0 Å². The number of hydrogen-bond donors (Lipinski definition) is 1. The highest BCUT2D eigenvalue weighted by Crippen LogP contribution is 2.15. The van der Waals surface area contributed by atoms with Crippen molar-refractivity contribution in [2.75, 3.05) is 13.2 Å². The standard InChI is InChI=1S/C22H29NO6S/c1-16-10-12-19(13-11-16)30(26,27)23-20-15-29-22(25)8-4-6-17(2)14-28-21(24)9-5-7-18(20)3/h4-7,10-13,17-18,20,23H,8-9,14-15H2,1-3H3/t17-,18+,20+/m1/s1. The molecule has 0 unspecified atom stereocenters. The maximum Gasteiger partial charge on any atom is 0.309 e. The Bertz CT molecular complexity index is 889. The van der Waals surface area contributed by atoms with E-state index < -0.39 is 22.0 Å². The van der Waals surface area contributed by atoms with Gasteiger partial charge in [-0.05, 0) is 25.0 Å². The number of rotatable bonds is 3. The van der Waals surface area contributed by atoms with E-state index in [0.29, 0.717) is 0 Å². The molecule has 7 nitrogen and oxygen atoms in total. The van der Waals surface area contributed by atoms with Crippen LogP contribution in [-0.2, 0) is 29.1 Å². The minimum atomic E-state index is -3.81. The molecule has 164 valence electrons. The summed E-state index contributed by atoms with van der Waals surface area (Å²) >= 11 is 0. The molecule has 30 heavy (non-hydrogen) atoms. The van der Waals surface area contributed by atoms with Gasteiger partial charge in [-0.25, -0.2) is 13.1 Å². The van der Waals surface area contributed by atoms with E-state index in [1.165, 1.54) is 12.1 Å². The number of aryl methyl sites for hydroxylation is 1. The number of benzene rings is 1. The SMILES string of the molecule is Cc1ccc(S(=O)(=O)N[C@H]2COC(=O)CC=C[C@@H](C)COC(=O)CC=C[C@@H]2C)cc1. The van der Waals surface area contributed by atoms with Gasteiger partial charge in [0.1, 0.15) is 6.61 Å². The van der Waals surface area contributed by atoms with Crippen molar-refractivity contribution >= 4 is 22.0 Å². The van der Waals surface area contributed by atoms with Gasteiger partial charge in [0.2, 0.25) is 10.0 Å². The molecule has 3 atom stereocenters. The molecule has 1 heterocycles. The van der Waals surface area contributed by atoms with Crippen molar-refractivity contribution in [2.45, 2.75) is 44.6 Å². The predicted octanol–water partition coefficient (Wildman–Crippen LogP) is 2.91. The lowest BCUT2D eigenvalue weighted by molar-refractivity contribution is -0.144. The fourth-order valence-corrected chi connectivity index (χ4v) is 4.08. The fraction of sp³-hybridized carbons (Fsp3) is 0.455. The summed E-state index contributed by atoms with van der Waals surface area (Å²) in [7, 11) is -3.81. The number of hydrogen-bond acceptors (Lipinski definition) is 6. The third-order valence-electron chi connectivity index (χ3n) is 4.68. The normalized spacial score (nSPS) is 24.4. The Morgan fingerprint density at radius 2 is 1.47 bits per heavy atom. The van der Waals surface area contributed by atoms with E-state index in [-0.39, 0.29) is 48.8 Å². The van der Waals surface area contributed by atoms with Gasteiger partial charge in [-0.1, -0.05) is 55.8 Å². The second-order valence-corrected chi connectivity index (χ2v) is 9.22. The zero-order chi connectivity index (χ0) is 22.1. The van der Waals surface area contributed by atoms with E-state index in [1.807, 2.05) is 13.8 Å². The average molecular weight is 436 g/mol. The topological polar surface area (TPSA) is 98.8 Å². The van der Waals surface area contributed by atoms with Crippen molar-refractivity contribution in [3.05, 3.63) is 54.1 Å². The Morgan fingerprint density at radius 1 is 0.900 bits per heavy atom. The van der Waals surface area contributed by atoms with Crippen LogP contribution in [-0.4, -0.2) is 39.6 Å². The van der Waals surface area contributed by atoms with Crippen molar-refractivity contribution < 1.29 is 27.5 Å². The highest BCUT2D eigenvalue weighted by Gasteiger charge is 2.25. The number of carbonyl (C=O) groups excluding carboxylic acids is 2. The van der Waals surface area contributed by atoms with E-state index >= 15 is 0 Å². The number of carbonyl (C=O) groups is 2. The number of esters is 2. The second-order valence-electron chi connectivity index (χ2n) is 7.51. The van der Waals surface area contributed by atoms with Crippen LogP contribution in [0.1, 0.15) is 32.3 Å². The lowest BCUT2D eigenvalue weighted by Crippen LogP contribution is -2.42. The molecule has 0 spiro atoms. The summed E-state index contributed by atoms with van der Waals surface area (Å²) in [6.45, 7) is 5.64. The Balaban J connectivity index is 2.19. The number of nitrogens with one attached hydrogen (secondary N) is 1. The van der Waals surface area contributed by atoms with Crippen molar-refractivity contribution in [2.24, 2.45) is 11.8 Å². The molecule has 0 radical (unpaired) electrons. The largest absolute Gasteiger partial charge is 0.465 e. The predicted molar refractivity (Wildman–Crippen MR) is 113 cm³/mol. The van der Waals surface area contributed by atoms with Crippen LogP contribution in [0.5, 0.6) is 0 Å². The highest BCUT2D eigenvalue weighted by molar-refractivity contribution is 7.89. The van der Waals surface area contributed by atoms with Gasteiger partial charge < -0.3 is 9.47 Å². The van der Waals surface area contributed by atoms with E-state index in [4.69, 9.17) is 9.47 Å². The molecule has 0 aliphatic carbocycles. The fourth-order valence-electron chi connectivity index (χ4n) is 2.77. The number of ether oxygens (including phenoxy) is 2. The first kappa shape index (κ1) is 23.8. The van der Waals surface area contributed by atoms with Gasteiger partial charge in [-0.3, -0.25) is 9.59 Å². The quantitative estimate of drug-likeness (QED) is 0.579. The molecule has 1 aromatic rings.